The Hall–Kier alpha value is -4.76. The maximum atomic E-state index is 16.6. The predicted molar refractivity (Wildman–Crippen MR) is 208 cm³/mol. The van der Waals surface area contributed by atoms with E-state index >= 15 is 4.39 Å². The van der Waals surface area contributed by atoms with Gasteiger partial charge in [-0.05, 0) is 108 Å². The van der Waals surface area contributed by atoms with Crippen LogP contribution >= 0.6 is 0 Å². The van der Waals surface area contributed by atoms with E-state index in [9.17, 15) is 9.90 Å². The molecule has 4 heterocycles. The third-order valence-electron chi connectivity index (χ3n) is 13.8. The summed E-state index contributed by atoms with van der Waals surface area (Å²) < 4.78 is 28.9. The number of ether oxygens (including phenoxy) is 2. The van der Waals surface area contributed by atoms with Gasteiger partial charge in [0.25, 0.3) is 5.91 Å². The summed E-state index contributed by atoms with van der Waals surface area (Å²) in [7, 11) is 1.70. The first-order valence-corrected chi connectivity index (χ1v) is 19.9. The van der Waals surface area contributed by atoms with Crippen molar-refractivity contribution in [2.24, 2.45) is 11.3 Å². The fraction of sp³-hybridized carbons (Fsp3) is 0.444. The highest BCUT2D eigenvalue weighted by atomic mass is 19.1. The number of fused-ring (bicyclic) bond motifs is 6. The molecule has 3 unspecified atom stereocenters. The van der Waals surface area contributed by atoms with E-state index in [1.807, 2.05) is 30.3 Å². The van der Waals surface area contributed by atoms with Gasteiger partial charge in [-0.15, -0.1) is 0 Å². The van der Waals surface area contributed by atoms with Gasteiger partial charge < -0.3 is 29.7 Å². The summed E-state index contributed by atoms with van der Waals surface area (Å²) in [4.78, 5) is 19.7. The quantitative estimate of drug-likeness (QED) is 0.217. The van der Waals surface area contributed by atoms with E-state index in [0.29, 0.717) is 36.1 Å². The summed E-state index contributed by atoms with van der Waals surface area (Å²) in [6.07, 6.45) is 6.49. The summed E-state index contributed by atoms with van der Waals surface area (Å²) in [6.45, 7) is 7.20. The molecule has 3 fully saturated rings. The highest BCUT2D eigenvalue weighted by Gasteiger charge is 2.47. The normalized spacial score (nSPS) is 24.5. The molecule has 1 spiro atoms. The van der Waals surface area contributed by atoms with E-state index in [1.54, 1.807) is 19.2 Å². The number of piperidine rings is 1. The van der Waals surface area contributed by atoms with E-state index in [2.05, 4.69) is 50.3 Å². The molecule has 0 radical (unpaired) electrons. The van der Waals surface area contributed by atoms with Crippen LogP contribution in [-0.2, 0) is 13.0 Å². The molecule has 2 aliphatic carbocycles. The number of halogens is 1. The Balaban J connectivity index is 0.792. The number of piperazine rings is 1. The van der Waals surface area contributed by atoms with Gasteiger partial charge in [0.05, 0.1) is 24.5 Å². The van der Waals surface area contributed by atoms with E-state index in [0.717, 1.165) is 110 Å². The van der Waals surface area contributed by atoms with Gasteiger partial charge in [-0.3, -0.25) is 9.69 Å². The van der Waals surface area contributed by atoms with Crippen LogP contribution in [0.5, 0.6) is 17.2 Å². The van der Waals surface area contributed by atoms with Gasteiger partial charge in [0, 0.05) is 68.9 Å². The molecule has 2 N–H and O–H groups in total. The lowest BCUT2D eigenvalue weighted by molar-refractivity contribution is 0.00295. The zero-order valence-corrected chi connectivity index (χ0v) is 31.0. The molecule has 2 saturated heterocycles. The van der Waals surface area contributed by atoms with Crippen LogP contribution in [0.3, 0.4) is 0 Å². The first kappa shape index (κ1) is 33.8. The van der Waals surface area contributed by atoms with Gasteiger partial charge >= 0.3 is 0 Å². The fourth-order valence-corrected chi connectivity index (χ4v) is 11.1. The fourth-order valence-electron chi connectivity index (χ4n) is 11.1. The minimum atomic E-state index is -0.190. The summed E-state index contributed by atoms with van der Waals surface area (Å²) in [5, 5.41) is 13.2. The Morgan fingerprint density at radius 1 is 0.963 bits per heavy atom. The molecule has 10 rings (SSSR count). The molecule has 9 heteroatoms. The number of amides is 1. The molecule has 4 aliphatic heterocycles. The van der Waals surface area contributed by atoms with E-state index in [-0.39, 0.29) is 29.3 Å². The molecule has 0 bridgehead atoms. The number of nitrogens with zero attached hydrogens (tertiary/aromatic N) is 3. The topological polar surface area (TPSA) is 77.5 Å². The van der Waals surface area contributed by atoms with Crippen molar-refractivity contribution in [2.45, 2.75) is 62.9 Å². The van der Waals surface area contributed by atoms with Crippen LogP contribution in [0.1, 0.15) is 82.1 Å². The van der Waals surface area contributed by atoms with Gasteiger partial charge in [0.15, 0.2) is 0 Å². The number of phenolic OH excluding ortho intramolecular Hbond substituents is 1. The van der Waals surface area contributed by atoms with Crippen LogP contribution in [-0.4, -0.2) is 74.9 Å². The number of rotatable bonds is 6. The number of aryl methyl sites for hydroxylation is 1. The van der Waals surface area contributed by atoms with Crippen molar-refractivity contribution < 1.29 is 23.8 Å². The Kier molecular flexibility index (Phi) is 8.27. The summed E-state index contributed by atoms with van der Waals surface area (Å²) in [5.41, 5.74) is 8.17. The van der Waals surface area contributed by atoms with E-state index in [1.165, 1.54) is 18.4 Å². The third-order valence-corrected chi connectivity index (χ3v) is 13.8. The average Bonchev–Trinajstić information content (AvgIpc) is 3.57. The summed E-state index contributed by atoms with van der Waals surface area (Å²) in [6, 6.07) is 24.1. The second-order valence-corrected chi connectivity index (χ2v) is 16.8. The predicted octanol–water partition coefficient (Wildman–Crippen LogP) is 7.23. The minimum absolute atomic E-state index is 0.00250. The number of benzene rings is 4. The van der Waals surface area contributed by atoms with Crippen LogP contribution in [0.2, 0.25) is 0 Å². The highest BCUT2D eigenvalue weighted by molar-refractivity contribution is 6.00. The van der Waals surface area contributed by atoms with Crippen molar-refractivity contribution in [3.63, 3.8) is 0 Å². The maximum Gasteiger partial charge on any atom is 0.252 e. The van der Waals surface area contributed by atoms with Crippen molar-refractivity contribution in [1.82, 2.24) is 10.2 Å². The Bertz CT molecular complexity index is 2090. The van der Waals surface area contributed by atoms with Crippen molar-refractivity contribution in [3.8, 4) is 17.2 Å². The van der Waals surface area contributed by atoms with E-state index < -0.39 is 0 Å². The maximum absolute atomic E-state index is 16.6. The molecule has 0 aromatic heterocycles. The standard InChI is InChI=1S/C45H49FN4O4/c1-53-41-20-36(42-33(29-5-3-2-4-6-29)9-7-30-19-32(51)8-10-34(30)42)38(46)21-40(41)49-15-13-45(14-16-49)22-28(23-45)25-48-17-18-50-31(26-48)27-54-43-37-24-47-44(52)35(37)11-12-39(43)50/h2-6,8,10-12,19-21,28,31,33,42,51H,7,9,13-18,22-27H2,1H3,(H,47,52). The first-order valence-electron chi connectivity index (χ1n) is 19.9. The highest BCUT2D eigenvalue weighted by Crippen LogP contribution is 2.55. The van der Waals surface area contributed by atoms with E-state index in [4.69, 9.17) is 9.47 Å². The zero-order valence-electron chi connectivity index (χ0n) is 31.0. The molecule has 8 nitrogen and oxygen atoms in total. The second kappa shape index (κ2) is 13.2. The molecular formula is C45H49FN4O4. The monoisotopic (exact) mass is 728 g/mol. The van der Waals surface area contributed by atoms with Gasteiger partial charge in [0.2, 0.25) is 0 Å². The van der Waals surface area contributed by atoms with Gasteiger partial charge in [0.1, 0.15) is 29.7 Å². The molecule has 54 heavy (non-hydrogen) atoms. The number of aromatic hydroxyl groups is 1. The lowest BCUT2D eigenvalue weighted by Gasteiger charge is -2.54. The van der Waals surface area contributed by atoms with Crippen LogP contribution in [0.15, 0.2) is 72.8 Å². The number of hydrogen-bond donors (Lipinski definition) is 2. The number of methoxy groups -OCH3 is 1. The Morgan fingerprint density at radius 2 is 1.80 bits per heavy atom. The summed E-state index contributed by atoms with van der Waals surface area (Å²) in [5.74, 6) is 2.35. The van der Waals surface area contributed by atoms with Crippen LogP contribution in [0, 0.1) is 17.2 Å². The smallest absolute Gasteiger partial charge is 0.252 e. The second-order valence-electron chi connectivity index (χ2n) is 16.8. The first-order chi connectivity index (χ1) is 26.4. The third kappa shape index (κ3) is 5.69. The molecule has 1 amide bonds. The van der Waals surface area contributed by atoms with Gasteiger partial charge in [-0.2, -0.15) is 0 Å². The SMILES string of the molecule is COc1cc(C2c3ccc(O)cc3CCC2c2ccccc2)c(F)cc1N1CCC2(CC1)CC(CN1CCN3c4ccc5c(c4OCC3C1)CNC5=O)C2. The van der Waals surface area contributed by atoms with Gasteiger partial charge in [-0.1, -0.05) is 36.4 Å². The van der Waals surface area contributed by atoms with Crippen molar-refractivity contribution in [2.75, 3.05) is 62.8 Å². The number of anilines is 2. The van der Waals surface area contributed by atoms with Crippen molar-refractivity contribution >= 4 is 17.3 Å². The zero-order chi connectivity index (χ0) is 36.6. The largest absolute Gasteiger partial charge is 0.508 e. The number of carbonyl (C=O) groups is 1. The molecule has 3 atom stereocenters. The average molecular weight is 729 g/mol. The van der Waals surface area contributed by atoms with Crippen molar-refractivity contribution in [3.05, 3.63) is 112 Å². The molecular weight excluding hydrogens is 680 g/mol. The Labute approximate surface area is 316 Å². The number of carbonyl (C=O) groups excluding carboxylic acids is 1. The molecule has 6 aliphatic rings. The van der Waals surface area contributed by atoms with Crippen LogP contribution in [0.4, 0.5) is 15.8 Å². The summed E-state index contributed by atoms with van der Waals surface area (Å²) >= 11 is 0. The van der Waals surface area contributed by atoms with Crippen LogP contribution < -0.4 is 24.6 Å². The van der Waals surface area contributed by atoms with Crippen molar-refractivity contribution in [1.29, 1.82) is 0 Å². The molecule has 4 aromatic carbocycles. The number of hydrogen-bond acceptors (Lipinski definition) is 7. The molecule has 1 saturated carbocycles. The van der Waals surface area contributed by atoms with Crippen LogP contribution in [0.25, 0.3) is 0 Å². The lowest BCUT2D eigenvalue weighted by atomic mass is 9.57. The lowest BCUT2D eigenvalue weighted by Crippen LogP contribution is -2.59. The van der Waals surface area contributed by atoms with Gasteiger partial charge in [-0.25, -0.2) is 4.39 Å². The molecule has 4 aromatic rings. The minimum Gasteiger partial charge on any atom is -0.508 e. The molecule has 280 valence electrons. The number of nitrogens with one attached hydrogen (secondary N) is 1. The number of phenols is 1. The Morgan fingerprint density at radius 3 is 2.61 bits per heavy atom.